The van der Waals surface area contributed by atoms with Crippen LogP contribution in [0.1, 0.15) is 24.3 Å². The number of rotatable bonds is 1. The van der Waals surface area contributed by atoms with E-state index >= 15 is 0 Å². The molecule has 0 heterocycles. The Balaban J connectivity index is 2.17. The summed E-state index contributed by atoms with van der Waals surface area (Å²) in [7, 11) is 0. The van der Waals surface area contributed by atoms with Crippen molar-refractivity contribution in [3.63, 3.8) is 0 Å². The van der Waals surface area contributed by atoms with Gasteiger partial charge in [-0.2, -0.15) is 0 Å². The lowest BCUT2D eigenvalue weighted by Crippen LogP contribution is -2.24. The van der Waals surface area contributed by atoms with Crippen LogP contribution >= 0.6 is 0 Å². The third kappa shape index (κ3) is 1.15. The van der Waals surface area contributed by atoms with Crippen LogP contribution < -0.4 is 0 Å². The van der Waals surface area contributed by atoms with Crippen molar-refractivity contribution in [1.82, 2.24) is 0 Å². The molecule has 1 saturated carbocycles. The smallest absolute Gasteiger partial charge is 0.107 e. The summed E-state index contributed by atoms with van der Waals surface area (Å²) in [5.41, 5.74) is 1.16. The van der Waals surface area contributed by atoms with Gasteiger partial charge in [-0.05, 0) is 18.4 Å². The maximum absolute atomic E-state index is 12.9. The van der Waals surface area contributed by atoms with Crippen molar-refractivity contribution < 1.29 is 4.39 Å². The van der Waals surface area contributed by atoms with E-state index in [4.69, 9.17) is 0 Å². The number of hydrogen-bond acceptors (Lipinski definition) is 0. The molecule has 0 aliphatic heterocycles. The monoisotopic (exact) mass is 150 g/mol. The lowest BCUT2D eigenvalue weighted by Gasteiger charge is -2.30. The fourth-order valence-electron chi connectivity index (χ4n) is 1.54. The molecule has 0 saturated heterocycles. The second-order valence-electron chi connectivity index (χ2n) is 3.11. The van der Waals surface area contributed by atoms with Crippen molar-refractivity contribution in [2.45, 2.75) is 24.9 Å². The molecular weight excluding hydrogens is 139 g/mol. The molecule has 1 aliphatic rings. The topological polar surface area (TPSA) is 0 Å². The minimum Gasteiger partial charge on any atom is -0.247 e. The molecule has 1 fully saturated rings. The van der Waals surface area contributed by atoms with Gasteiger partial charge in [0, 0.05) is 5.92 Å². The first kappa shape index (κ1) is 6.84. The predicted octanol–water partition coefficient (Wildman–Crippen LogP) is 2.90. The van der Waals surface area contributed by atoms with Crippen LogP contribution in [-0.2, 0) is 0 Å². The normalized spacial score (nSPS) is 29.5. The Labute approximate surface area is 66.1 Å². The van der Waals surface area contributed by atoms with Crippen LogP contribution in [-0.4, -0.2) is 6.17 Å². The molecule has 11 heavy (non-hydrogen) atoms. The van der Waals surface area contributed by atoms with Crippen molar-refractivity contribution >= 4 is 0 Å². The van der Waals surface area contributed by atoms with Gasteiger partial charge in [0.05, 0.1) is 0 Å². The summed E-state index contributed by atoms with van der Waals surface area (Å²) >= 11 is 0. The van der Waals surface area contributed by atoms with Crippen LogP contribution in [0.3, 0.4) is 0 Å². The molecule has 0 bridgehead atoms. The van der Waals surface area contributed by atoms with Crippen molar-refractivity contribution in [2.24, 2.45) is 0 Å². The maximum Gasteiger partial charge on any atom is 0.107 e. The molecule has 0 radical (unpaired) electrons. The van der Waals surface area contributed by atoms with Crippen LogP contribution in [0.15, 0.2) is 30.3 Å². The van der Waals surface area contributed by atoms with Gasteiger partial charge in [-0.1, -0.05) is 30.3 Å². The molecule has 1 aromatic rings. The molecule has 0 amide bonds. The predicted molar refractivity (Wildman–Crippen MR) is 43.3 cm³/mol. The van der Waals surface area contributed by atoms with Gasteiger partial charge in [-0.15, -0.1) is 0 Å². The zero-order valence-electron chi connectivity index (χ0n) is 6.33. The molecule has 1 aromatic carbocycles. The van der Waals surface area contributed by atoms with Gasteiger partial charge in [0.15, 0.2) is 0 Å². The molecular formula is C10H11F. The highest BCUT2D eigenvalue weighted by Crippen LogP contribution is 2.38. The molecule has 2 unspecified atom stereocenters. The van der Waals surface area contributed by atoms with E-state index in [0.717, 1.165) is 18.4 Å². The molecule has 2 atom stereocenters. The summed E-state index contributed by atoms with van der Waals surface area (Å²) in [4.78, 5) is 0. The van der Waals surface area contributed by atoms with E-state index in [1.807, 2.05) is 30.3 Å². The van der Waals surface area contributed by atoms with Crippen molar-refractivity contribution in [3.8, 4) is 0 Å². The van der Waals surface area contributed by atoms with Gasteiger partial charge < -0.3 is 0 Å². The van der Waals surface area contributed by atoms with Crippen LogP contribution in [0.4, 0.5) is 4.39 Å². The highest BCUT2D eigenvalue weighted by Gasteiger charge is 2.31. The standard InChI is InChI=1S/C10H11F/c11-10-7-6-9(10)8-4-2-1-3-5-8/h1-5,9-10H,6-7H2. The summed E-state index contributed by atoms with van der Waals surface area (Å²) in [6, 6.07) is 9.93. The van der Waals surface area contributed by atoms with Gasteiger partial charge in [0.25, 0.3) is 0 Å². The lowest BCUT2D eigenvalue weighted by molar-refractivity contribution is 0.170. The number of halogens is 1. The van der Waals surface area contributed by atoms with E-state index in [0.29, 0.717) is 0 Å². The Kier molecular flexibility index (Phi) is 1.65. The van der Waals surface area contributed by atoms with E-state index in [9.17, 15) is 4.39 Å². The zero-order valence-corrected chi connectivity index (χ0v) is 6.33. The van der Waals surface area contributed by atoms with E-state index in [-0.39, 0.29) is 5.92 Å². The fourth-order valence-corrected chi connectivity index (χ4v) is 1.54. The van der Waals surface area contributed by atoms with Gasteiger partial charge in [-0.3, -0.25) is 0 Å². The first-order valence-corrected chi connectivity index (χ1v) is 4.07. The molecule has 1 aliphatic carbocycles. The third-order valence-electron chi connectivity index (χ3n) is 2.42. The van der Waals surface area contributed by atoms with E-state index in [1.54, 1.807) is 0 Å². The molecule has 1 heteroatoms. The summed E-state index contributed by atoms with van der Waals surface area (Å²) in [5.74, 6) is 0.191. The van der Waals surface area contributed by atoms with Gasteiger partial charge in [0.2, 0.25) is 0 Å². The van der Waals surface area contributed by atoms with E-state index in [1.165, 1.54) is 0 Å². The number of alkyl halides is 1. The number of benzene rings is 1. The molecule has 0 spiro atoms. The summed E-state index contributed by atoms with van der Waals surface area (Å²) < 4.78 is 12.9. The summed E-state index contributed by atoms with van der Waals surface area (Å²) in [6.07, 6.45) is 1.18. The Morgan fingerprint density at radius 3 is 2.27 bits per heavy atom. The van der Waals surface area contributed by atoms with Gasteiger partial charge >= 0.3 is 0 Å². The largest absolute Gasteiger partial charge is 0.247 e. The third-order valence-corrected chi connectivity index (χ3v) is 2.42. The second kappa shape index (κ2) is 2.65. The minimum absolute atomic E-state index is 0.191. The molecule has 2 rings (SSSR count). The van der Waals surface area contributed by atoms with Gasteiger partial charge in [0.1, 0.15) is 6.17 Å². The zero-order chi connectivity index (χ0) is 7.68. The van der Waals surface area contributed by atoms with Gasteiger partial charge in [-0.25, -0.2) is 4.39 Å². The first-order chi connectivity index (χ1) is 5.38. The SMILES string of the molecule is FC1CCC1c1ccccc1. The fraction of sp³-hybridized carbons (Fsp3) is 0.400. The van der Waals surface area contributed by atoms with Crippen molar-refractivity contribution in [2.75, 3.05) is 0 Å². The van der Waals surface area contributed by atoms with Crippen LogP contribution in [0.5, 0.6) is 0 Å². The minimum atomic E-state index is -0.586. The highest BCUT2D eigenvalue weighted by molar-refractivity contribution is 5.22. The Bertz CT molecular complexity index is 230. The highest BCUT2D eigenvalue weighted by atomic mass is 19.1. The first-order valence-electron chi connectivity index (χ1n) is 4.07. The Morgan fingerprint density at radius 1 is 1.09 bits per heavy atom. The van der Waals surface area contributed by atoms with Crippen LogP contribution in [0.2, 0.25) is 0 Å². The Morgan fingerprint density at radius 2 is 1.82 bits per heavy atom. The average Bonchev–Trinajstić information content (AvgIpc) is 2.04. The molecule has 0 nitrogen and oxygen atoms in total. The van der Waals surface area contributed by atoms with E-state index < -0.39 is 6.17 Å². The maximum atomic E-state index is 12.9. The quantitative estimate of drug-likeness (QED) is 0.577. The summed E-state index contributed by atoms with van der Waals surface area (Å²) in [6.45, 7) is 0. The van der Waals surface area contributed by atoms with Crippen LogP contribution in [0, 0.1) is 0 Å². The van der Waals surface area contributed by atoms with Crippen molar-refractivity contribution in [1.29, 1.82) is 0 Å². The molecule has 58 valence electrons. The average molecular weight is 150 g/mol. The van der Waals surface area contributed by atoms with Crippen molar-refractivity contribution in [3.05, 3.63) is 35.9 Å². The number of hydrogen-bond donors (Lipinski definition) is 0. The summed E-state index contributed by atoms with van der Waals surface area (Å²) in [5, 5.41) is 0. The second-order valence-corrected chi connectivity index (χ2v) is 3.11. The molecule has 0 N–H and O–H groups in total. The lowest BCUT2D eigenvalue weighted by atomic mass is 9.78. The van der Waals surface area contributed by atoms with E-state index in [2.05, 4.69) is 0 Å². The molecule has 0 aromatic heterocycles. The Hall–Kier alpha value is -0.850. The van der Waals surface area contributed by atoms with Crippen LogP contribution in [0.25, 0.3) is 0 Å².